The van der Waals surface area contributed by atoms with E-state index in [1.54, 1.807) is 0 Å². The lowest BCUT2D eigenvalue weighted by atomic mass is 9.97. The number of thiophene rings is 1. The van der Waals surface area contributed by atoms with Crippen molar-refractivity contribution in [1.82, 2.24) is 9.13 Å². The Labute approximate surface area is 301 Å². The van der Waals surface area contributed by atoms with E-state index in [0.29, 0.717) is 0 Å². The van der Waals surface area contributed by atoms with Crippen LogP contribution in [0.2, 0.25) is 0 Å². The molecule has 4 aromatic heterocycles. The number of hydrogen-bond acceptors (Lipinski definition) is 2. The third kappa shape index (κ3) is 3.74. The standard InChI is InChI=1S/C48H28N2OS/c1-2-12-29(13-3-1)49-40-21-8-5-15-36(40)46-41(49)26-25-33-31-14-4-7-20-39(31)50(47(33)46)30-24-27-42-38(28-30)35-19-10-18-34(48(35)51-42)32-17-11-23-44-45(32)37-16-6-9-22-43(37)52-44/h1-28H. The molecular weight excluding hydrogens is 653 g/mol. The Kier molecular flexibility index (Phi) is 5.65. The van der Waals surface area contributed by atoms with E-state index in [4.69, 9.17) is 4.42 Å². The Morgan fingerprint density at radius 2 is 1.08 bits per heavy atom. The number of aromatic nitrogens is 2. The van der Waals surface area contributed by atoms with Crippen LogP contribution in [0, 0.1) is 0 Å². The zero-order chi connectivity index (χ0) is 33.9. The van der Waals surface area contributed by atoms with Gasteiger partial charge in [0.1, 0.15) is 11.2 Å². The van der Waals surface area contributed by atoms with Gasteiger partial charge in [0.2, 0.25) is 0 Å². The zero-order valence-electron chi connectivity index (χ0n) is 27.9. The van der Waals surface area contributed by atoms with E-state index in [9.17, 15) is 0 Å². The molecule has 3 nitrogen and oxygen atoms in total. The van der Waals surface area contributed by atoms with Gasteiger partial charge in [-0.15, -0.1) is 11.3 Å². The molecule has 0 aliphatic rings. The van der Waals surface area contributed by atoms with Crippen LogP contribution >= 0.6 is 11.3 Å². The molecule has 0 radical (unpaired) electrons. The van der Waals surface area contributed by atoms with Crippen LogP contribution in [0.15, 0.2) is 174 Å². The van der Waals surface area contributed by atoms with E-state index >= 15 is 0 Å². The molecule has 52 heavy (non-hydrogen) atoms. The smallest absolute Gasteiger partial charge is 0.143 e. The second-order valence-corrected chi connectivity index (χ2v) is 14.7. The number of rotatable bonds is 3. The maximum Gasteiger partial charge on any atom is 0.143 e. The highest BCUT2D eigenvalue weighted by Gasteiger charge is 2.22. The van der Waals surface area contributed by atoms with Gasteiger partial charge in [-0.2, -0.15) is 0 Å². The SMILES string of the molecule is c1ccc(-n2c3ccccc3c3c2ccc2c4ccccc4n(-c4ccc5oc6c(-c7cccc8sc9ccccc9c78)cccc6c5c4)c23)cc1. The van der Waals surface area contributed by atoms with Gasteiger partial charge in [0.05, 0.1) is 22.1 Å². The molecule has 242 valence electrons. The van der Waals surface area contributed by atoms with Crippen molar-refractivity contribution in [3.05, 3.63) is 170 Å². The minimum Gasteiger partial charge on any atom is -0.455 e. The Morgan fingerprint density at radius 3 is 1.96 bits per heavy atom. The number of nitrogens with zero attached hydrogens (tertiary/aromatic N) is 2. The average Bonchev–Trinajstić information content (AvgIpc) is 3.95. The van der Waals surface area contributed by atoms with Gasteiger partial charge in [0.15, 0.2) is 0 Å². The highest BCUT2D eigenvalue weighted by Crippen LogP contribution is 2.45. The molecule has 0 saturated heterocycles. The maximum absolute atomic E-state index is 6.79. The average molecular weight is 681 g/mol. The fourth-order valence-electron chi connectivity index (χ4n) is 8.77. The van der Waals surface area contributed by atoms with Gasteiger partial charge in [0.25, 0.3) is 0 Å². The van der Waals surface area contributed by atoms with E-state index in [1.807, 2.05) is 11.3 Å². The van der Waals surface area contributed by atoms with E-state index in [-0.39, 0.29) is 0 Å². The van der Waals surface area contributed by atoms with Crippen LogP contribution in [-0.2, 0) is 0 Å². The topological polar surface area (TPSA) is 23.0 Å². The monoisotopic (exact) mass is 680 g/mol. The number of para-hydroxylation sites is 4. The number of benzene rings is 8. The van der Waals surface area contributed by atoms with Crippen molar-refractivity contribution in [2.75, 3.05) is 0 Å². The fourth-order valence-corrected chi connectivity index (χ4v) is 9.90. The molecule has 0 bridgehead atoms. The lowest BCUT2D eigenvalue weighted by Gasteiger charge is -2.10. The van der Waals surface area contributed by atoms with Crippen molar-refractivity contribution in [3.63, 3.8) is 0 Å². The van der Waals surface area contributed by atoms with Gasteiger partial charge >= 0.3 is 0 Å². The zero-order valence-corrected chi connectivity index (χ0v) is 28.7. The molecule has 4 heteroatoms. The molecule has 12 rings (SSSR count). The molecular formula is C48H28N2OS. The molecule has 0 atom stereocenters. The second-order valence-electron chi connectivity index (χ2n) is 13.6. The predicted molar refractivity (Wildman–Crippen MR) is 221 cm³/mol. The Morgan fingerprint density at radius 1 is 0.385 bits per heavy atom. The summed E-state index contributed by atoms with van der Waals surface area (Å²) in [5.74, 6) is 0. The summed E-state index contributed by atoms with van der Waals surface area (Å²) < 4.78 is 14.3. The van der Waals surface area contributed by atoms with E-state index in [1.165, 1.54) is 69.3 Å². The maximum atomic E-state index is 6.79. The molecule has 0 amide bonds. The minimum atomic E-state index is 0.889. The van der Waals surface area contributed by atoms with Crippen molar-refractivity contribution in [2.45, 2.75) is 0 Å². The van der Waals surface area contributed by atoms with Gasteiger partial charge in [-0.1, -0.05) is 109 Å². The Bertz CT molecular complexity index is 3410. The first-order chi connectivity index (χ1) is 25.8. The van der Waals surface area contributed by atoms with Gasteiger partial charge in [-0.3, -0.25) is 0 Å². The van der Waals surface area contributed by atoms with Gasteiger partial charge < -0.3 is 13.6 Å². The van der Waals surface area contributed by atoms with Crippen LogP contribution in [0.1, 0.15) is 0 Å². The molecule has 12 aromatic rings. The van der Waals surface area contributed by atoms with Crippen LogP contribution in [0.25, 0.3) is 108 Å². The summed E-state index contributed by atoms with van der Waals surface area (Å²) >= 11 is 1.85. The van der Waals surface area contributed by atoms with Crippen molar-refractivity contribution < 1.29 is 4.42 Å². The van der Waals surface area contributed by atoms with Crippen LogP contribution in [0.3, 0.4) is 0 Å². The van der Waals surface area contributed by atoms with Crippen LogP contribution in [-0.4, -0.2) is 9.13 Å². The lowest BCUT2D eigenvalue weighted by molar-refractivity contribution is 0.670. The summed E-state index contributed by atoms with van der Waals surface area (Å²) in [5, 5.41) is 9.80. The molecule has 0 spiro atoms. The van der Waals surface area contributed by atoms with Crippen molar-refractivity contribution >= 4 is 97.1 Å². The molecule has 8 aromatic carbocycles. The summed E-state index contributed by atoms with van der Waals surface area (Å²) in [6.07, 6.45) is 0. The molecule has 0 aliphatic carbocycles. The first-order valence-corrected chi connectivity index (χ1v) is 18.5. The third-order valence-corrected chi connectivity index (χ3v) is 12.1. The molecule has 0 aliphatic heterocycles. The summed E-state index contributed by atoms with van der Waals surface area (Å²) in [6, 6.07) is 61.6. The number of hydrogen-bond donors (Lipinski definition) is 0. The molecule has 0 saturated carbocycles. The van der Waals surface area contributed by atoms with Crippen molar-refractivity contribution in [1.29, 1.82) is 0 Å². The normalized spacial score (nSPS) is 12.2. The second kappa shape index (κ2) is 10.5. The molecule has 4 heterocycles. The molecule has 0 N–H and O–H groups in total. The first-order valence-electron chi connectivity index (χ1n) is 17.7. The highest BCUT2D eigenvalue weighted by molar-refractivity contribution is 7.25. The highest BCUT2D eigenvalue weighted by atomic mass is 32.1. The first kappa shape index (κ1) is 28.1. The predicted octanol–water partition coefficient (Wildman–Crippen LogP) is 13.8. The van der Waals surface area contributed by atoms with E-state index in [2.05, 4.69) is 179 Å². The molecule has 0 unspecified atom stereocenters. The molecule has 0 fully saturated rings. The van der Waals surface area contributed by atoms with Crippen LogP contribution < -0.4 is 0 Å². The third-order valence-electron chi connectivity index (χ3n) is 10.9. The summed E-state index contributed by atoms with van der Waals surface area (Å²) in [7, 11) is 0. The van der Waals surface area contributed by atoms with Gasteiger partial charge in [-0.25, -0.2) is 0 Å². The van der Waals surface area contributed by atoms with E-state index < -0.39 is 0 Å². The minimum absolute atomic E-state index is 0.889. The summed E-state index contributed by atoms with van der Waals surface area (Å²) in [4.78, 5) is 0. The van der Waals surface area contributed by atoms with Crippen molar-refractivity contribution in [2.24, 2.45) is 0 Å². The number of furan rings is 1. The van der Waals surface area contributed by atoms with Crippen LogP contribution in [0.5, 0.6) is 0 Å². The van der Waals surface area contributed by atoms with Gasteiger partial charge in [-0.05, 0) is 66.2 Å². The van der Waals surface area contributed by atoms with Gasteiger partial charge in [0, 0.05) is 69.4 Å². The Balaban J connectivity index is 1.16. The fraction of sp³-hybridized carbons (Fsp3) is 0. The van der Waals surface area contributed by atoms with E-state index in [0.717, 1.165) is 38.9 Å². The largest absolute Gasteiger partial charge is 0.455 e. The van der Waals surface area contributed by atoms with Crippen molar-refractivity contribution in [3.8, 4) is 22.5 Å². The van der Waals surface area contributed by atoms with Crippen LogP contribution in [0.4, 0.5) is 0 Å². The number of fused-ring (bicyclic) bond motifs is 13. The summed E-state index contributed by atoms with van der Waals surface area (Å²) in [6.45, 7) is 0. The lowest BCUT2D eigenvalue weighted by Crippen LogP contribution is -1.95. The summed E-state index contributed by atoms with van der Waals surface area (Å²) in [5.41, 5.74) is 11.2. The quantitative estimate of drug-likeness (QED) is 0.182. The Hall–Kier alpha value is -6.62.